The van der Waals surface area contributed by atoms with Crippen LogP contribution in [0.1, 0.15) is 13.3 Å². The minimum atomic E-state index is -0.981. The number of carboxylic acids is 3. The zero-order valence-corrected chi connectivity index (χ0v) is 14.4. The first kappa shape index (κ1) is 23.6. The predicted molar refractivity (Wildman–Crippen MR) is 86.1 cm³/mol. The fraction of sp³-hybridized carbons (Fsp3) is 0.500. The van der Waals surface area contributed by atoms with E-state index in [-0.39, 0.29) is 10.5 Å². The molecule has 112 valence electrons. The number of aliphatic carboxylic acids is 3. The van der Waals surface area contributed by atoms with Gasteiger partial charge in [0.05, 0.1) is 6.61 Å². The zero-order valence-electron chi connectivity index (χ0n) is 10.1. The highest BCUT2D eigenvalue weighted by molar-refractivity contribution is 14.1. The van der Waals surface area contributed by atoms with Gasteiger partial charge in [0.2, 0.25) is 0 Å². The maximum absolute atomic E-state index is 9.92. The zero-order chi connectivity index (χ0) is 16.0. The van der Waals surface area contributed by atoms with Crippen LogP contribution in [0.5, 0.6) is 0 Å². The van der Waals surface area contributed by atoms with Gasteiger partial charge in [-0.15, -0.1) is 0 Å². The Morgan fingerprint density at radius 1 is 1.11 bits per heavy atom. The minimum Gasteiger partial charge on any atom is -0.480 e. The van der Waals surface area contributed by atoms with Gasteiger partial charge in [0.25, 0.3) is 0 Å². The van der Waals surface area contributed by atoms with Crippen molar-refractivity contribution >= 4 is 63.1 Å². The molecule has 0 heterocycles. The number of aliphatic hydroxyl groups excluding tert-OH is 1. The van der Waals surface area contributed by atoms with Crippen molar-refractivity contribution < 1.29 is 34.8 Å². The number of halogens is 2. The molecule has 0 bridgehead atoms. The van der Waals surface area contributed by atoms with Gasteiger partial charge in [0.1, 0.15) is 7.85 Å². The average Bonchev–Trinajstić information content (AvgIpc) is 2.37. The Bertz CT molecular complexity index is 274. The lowest BCUT2D eigenvalue weighted by molar-refractivity contribution is -0.137. The Labute approximate surface area is 138 Å². The van der Waals surface area contributed by atoms with Crippen molar-refractivity contribution in [2.75, 3.05) is 6.61 Å². The summed E-state index contributed by atoms with van der Waals surface area (Å²) in [6, 6.07) is 0. The summed E-state index contributed by atoms with van der Waals surface area (Å²) in [5, 5.41) is 31.9. The van der Waals surface area contributed by atoms with E-state index in [1.807, 2.05) is 29.5 Å². The summed E-state index contributed by atoms with van der Waals surface area (Å²) >= 11 is 3.54. The Morgan fingerprint density at radius 2 is 1.42 bits per heavy atom. The van der Waals surface area contributed by atoms with Crippen LogP contribution < -0.4 is 0 Å². The van der Waals surface area contributed by atoms with Crippen LogP contribution in [0, 0.1) is 0 Å². The topological polar surface area (TPSA) is 132 Å². The van der Waals surface area contributed by atoms with Crippen molar-refractivity contribution in [1.29, 1.82) is 0 Å². The molecule has 0 fully saturated rings. The third-order valence-corrected chi connectivity index (χ3v) is 3.57. The molecule has 2 atom stereocenters. The van der Waals surface area contributed by atoms with Gasteiger partial charge in [-0.05, 0) is 6.42 Å². The number of alkyl halides is 2. The largest absolute Gasteiger partial charge is 0.480 e. The average molecular weight is 502 g/mol. The summed E-state index contributed by atoms with van der Waals surface area (Å²) in [6.07, 6.45) is 1.54. The lowest BCUT2D eigenvalue weighted by Gasteiger charge is -1.94. The number of rotatable bonds is 5. The molecule has 4 N–H and O–H groups in total. The molecule has 7 nitrogen and oxygen atoms in total. The van der Waals surface area contributed by atoms with E-state index in [1.54, 1.807) is 22.6 Å². The summed E-state index contributed by atoms with van der Waals surface area (Å²) in [7, 11) is 0. The van der Waals surface area contributed by atoms with Gasteiger partial charge < -0.3 is 20.4 Å². The van der Waals surface area contributed by atoms with Crippen LogP contribution in [0.25, 0.3) is 0 Å². The number of aliphatic hydroxyl groups is 1. The van der Waals surface area contributed by atoms with E-state index in [4.69, 9.17) is 20.4 Å². The van der Waals surface area contributed by atoms with E-state index in [2.05, 4.69) is 6.58 Å². The van der Waals surface area contributed by atoms with Gasteiger partial charge in [-0.3, -0.25) is 9.59 Å². The Hall–Kier alpha value is -0.430. The fourth-order valence-electron chi connectivity index (χ4n) is 0.253. The molecule has 19 heavy (non-hydrogen) atoms. The maximum Gasteiger partial charge on any atom is 0.327 e. The van der Waals surface area contributed by atoms with E-state index in [1.165, 1.54) is 0 Å². The number of hydrogen-bond acceptors (Lipinski definition) is 4. The molecule has 0 aromatic heterocycles. The molecule has 0 aliphatic carbocycles. The third-order valence-electron chi connectivity index (χ3n) is 1.23. The normalized spacial score (nSPS) is 11.6. The first-order valence-corrected chi connectivity index (χ1v) is 7.32. The Kier molecular flexibility index (Phi) is 19.4. The van der Waals surface area contributed by atoms with Gasteiger partial charge in [-0.1, -0.05) is 58.7 Å². The van der Waals surface area contributed by atoms with Crippen LogP contribution in [0.3, 0.4) is 0 Å². The van der Waals surface area contributed by atoms with Crippen molar-refractivity contribution in [2.24, 2.45) is 0 Å². The highest BCUT2D eigenvalue weighted by Gasteiger charge is 2.09. The predicted octanol–water partition coefficient (Wildman–Crippen LogP) is 1.41. The first-order valence-electron chi connectivity index (χ1n) is 4.83. The molecule has 0 saturated carbocycles. The summed E-state index contributed by atoms with van der Waals surface area (Å²) in [5.74, 6) is -2.67. The van der Waals surface area contributed by atoms with Gasteiger partial charge in [-0.2, -0.15) is 0 Å². The molecule has 0 saturated heterocycles. The second-order valence-corrected chi connectivity index (χ2v) is 5.75. The first-order chi connectivity index (χ1) is 8.63. The Morgan fingerprint density at radius 3 is 1.42 bits per heavy atom. The van der Waals surface area contributed by atoms with Crippen molar-refractivity contribution in [3.8, 4) is 0 Å². The molecule has 0 aromatic carbocycles. The van der Waals surface area contributed by atoms with Crippen LogP contribution in [-0.2, 0) is 14.4 Å². The summed E-state index contributed by atoms with van der Waals surface area (Å²) < 4.78 is -0.866. The number of carboxylic acid groups (broad SMARTS) is 3. The molecule has 2 unspecified atom stereocenters. The van der Waals surface area contributed by atoms with E-state index >= 15 is 0 Å². The molecular formula is C10H16I2O7. The molecule has 0 aromatic rings. The van der Waals surface area contributed by atoms with Crippen LogP contribution in [0.2, 0.25) is 0 Å². The molecule has 9 heteroatoms. The summed E-state index contributed by atoms with van der Waals surface area (Å²) in [4.78, 5) is 28.9. The SMILES string of the molecule is C=CC(=O)O.CCC(I)C(=O)O.O=C(O)C(I)CO. The molecule has 0 aliphatic heterocycles. The van der Waals surface area contributed by atoms with Gasteiger partial charge >= 0.3 is 17.9 Å². The summed E-state index contributed by atoms with van der Waals surface area (Å²) in [5.41, 5.74) is 0. The molecular weight excluding hydrogens is 486 g/mol. The highest BCUT2D eigenvalue weighted by Crippen LogP contribution is 2.03. The lowest BCUT2D eigenvalue weighted by atomic mass is 10.3. The van der Waals surface area contributed by atoms with Crippen LogP contribution in [-0.4, -0.2) is 52.8 Å². The second kappa shape index (κ2) is 15.6. The van der Waals surface area contributed by atoms with Gasteiger partial charge in [-0.25, -0.2) is 4.79 Å². The molecule has 0 radical (unpaired) electrons. The quantitative estimate of drug-likeness (QED) is 0.254. The van der Waals surface area contributed by atoms with Gasteiger partial charge in [0, 0.05) is 6.08 Å². The van der Waals surface area contributed by atoms with E-state index < -0.39 is 21.8 Å². The molecule has 0 amide bonds. The third kappa shape index (κ3) is 23.1. The van der Waals surface area contributed by atoms with Crippen molar-refractivity contribution in [3.05, 3.63) is 12.7 Å². The summed E-state index contributed by atoms with van der Waals surface area (Å²) in [6.45, 7) is 4.52. The van der Waals surface area contributed by atoms with E-state index in [0.717, 1.165) is 6.08 Å². The van der Waals surface area contributed by atoms with Crippen LogP contribution in [0.4, 0.5) is 0 Å². The smallest absolute Gasteiger partial charge is 0.327 e. The molecule has 0 rings (SSSR count). The van der Waals surface area contributed by atoms with E-state index in [0.29, 0.717) is 6.42 Å². The lowest BCUT2D eigenvalue weighted by Crippen LogP contribution is -2.15. The number of hydrogen-bond donors (Lipinski definition) is 4. The van der Waals surface area contributed by atoms with Crippen molar-refractivity contribution in [1.82, 2.24) is 0 Å². The van der Waals surface area contributed by atoms with Gasteiger partial charge in [0.15, 0.2) is 0 Å². The van der Waals surface area contributed by atoms with Crippen molar-refractivity contribution in [3.63, 3.8) is 0 Å². The fourth-order valence-corrected chi connectivity index (χ4v) is 0.253. The standard InChI is InChI=1S/C4H7IO2.C3H5IO3.C3H4O2/c1-2-3(5)4(6)7;4-2(1-5)3(6)7;1-2-3(4)5/h3H,2H2,1H3,(H,6,7);2,5H,1H2,(H,6,7);2H,1H2,(H,4,5). The highest BCUT2D eigenvalue weighted by atomic mass is 127. The minimum absolute atomic E-state index is 0.211. The second-order valence-electron chi connectivity index (χ2n) is 2.74. The number of carbonyl (C=O) groups is 3. The maximum atomic E-state index is 9.92. The van der Waals surface area contributed by atoms with Crippen LogP contribution in [0.15, 0.2) is 12.7 Å². The van der Waals surface area contributed by atoms with Crippen LogP contribution >= 0.6 is 45.2 Å². The molecule has 0 aliphatic rings. The van der Waals surface area contributed by atoms with E-state index in [9.17, 15) is 14.4 Å². The molecule has 0 spiro atoms. The Balaban J connectivity index is -0.000000206. The monoisotopic (exact) mass is 502 g/mol. The van der Waals surface area contributed by atoms with Crippen molar-refractivity contribution in [2.45, 2.75) is 21.2 Å².